The zero-order valence-corrected chi connectivity index (χ0v) is 12.9. The van der Waals surface area contributed by atoms with E-state index in [1.165, 1.54) is 5.56 Å². The molecule has 0 saturated carbocycles. The SMILES string of the molecule is COc1cccc(NCCOc2ccc(C(C)C)cc2)c1. The van der Waals surface area contributed by atoms with Crippen molar-refractivity contribution in [3.63, 3.8) is 0 Å². The smallest absolute Gasteiger partial charge is 0.120 e. The van der Waals surface area contributed by atoms with Crippen LogP contribution in [0.15, 0.2) is 48.5 Å². The van der Waals surface area contributed by atoms with Gasteiger partial charge in [0.1, 0.15) is 18.1 Å². The number of hydrogen-bond acceptors (Lipinski definition) is 3. The first kappa shape index (κ1) is 15.2. The van der Waals surface area contributed by atoms with Crippen LogP contribution in [0.3, 0.4) is 0 Å². The van der Waals surface area contributed by atoms with Crippen molar-refractivity contribution < 1.29 is 9.47 Å². The van der Waals surface area contributed by atoms with Crippen molar-refractivity contribution in [1.29, 1.82) is 0 Å². The minimum absolute atomic E-state index is 0.550. The van der Waals surface area contributed by atoms with Gasteiger partial charge in [-0.05, 0) is 35.7 Å². The number of nitrogens with one attached hydrogen (secondary N) is 1. The van der Waals surface area contributed by atoms with Crippen LogP contribution in [0.5, 0.6) is 11.5 Å². The number of anilines is 1. The predicted molar refractivity (Wildman–Crippen MR) is 87.5 cm³/mol. The lowest BCUT2D eigenvalue weighted by molar-refractivity contribution is 0.332. The summed E-state index contributed by atoms with van der Waals surface area (Å²) in [6, 6.07) is 16.2. The zero-order valence-electron chi connectivity index (χ0n) is 12.9. The van der Waals surface area contributed by atoms with Crippen molar-refractivity contribution in [2.24, 2.45) is 0 Å². The van der Waals surface area contributed by atoms with E-state index in [-0.39, 0.29) is 0 Å². The highest BCUT2D eigenvalue weighted by atomic mass is 16.5. The predicted octanol–water partition coefficient (Wildman–Crippen LogP) is 4.31. The van der Waals surface area contributed by atoms with Gasteiger partial charge in [0.25, 0.3) is 0 Å². The van der Waals surface area contributed by atoms with E-state index in [9.17, 15) is 0 Å². The molecule has 2 aromatic carbocycles. The summed E-state index contributed by atoms with van der Waals surface area (Å²) in [5.41, 5.74) is 2.37. The van der Waals surface area contributed by atoms with Crippen molar-refractivity contribution in [3.8, 4) is 11.5 Å². The second-order valence-corrected chi connectivity index (χ2v) is 5.23. The van der Waals surface area contributed by atoms with E-state index in [0.717, 1.165) is 23.7 Å². The fraction of sp³-hybridized carbons (Fsp3) is 0.333. The Bertz CT molecular complexity index is 549. The van der Waals surface area contributed by atoms with Gasteiger partial charge in [0.15, 0.2) is 0 Å². The van der Waals surface area contributed by atoms with Gasteiger partial charge in [0.2, 0.25) is 0 Å². The summed E-state index contributed by atoms with van der Waals surface area (Å²) in [4.78, 5) is 0. The van der Waals surface area contributed by atoms with Gasteiger partial charge in [0, 0.05) is 18.3 Å². The largest absolute Gasteiger partial charge is 0.497 e. The maximum absolute atomic E-state index is 5.73. The molecule has 0 radical (unpaired) electrons. The van der Waals surface area contributed by atoms with E-state index < -0.39 is 0 Å². The van der Waals surface area contributed by atoms with Crippen LogP contribution in [0.25, 0.3) is 0 Å². The molecule has 0 aliphatic heterocycles. The molecule has 0 aromatic heterocycles. The van der Waals surface area contributed by atoms with Crippen LogP contribution in [-0.4, -0.2) is 20.3 Å². The first-order valence-corrected chi connectivity index (χ1v) is 7.29. The molecule has 0 bridgehead atoms. The number of hydrogen-bond donors (Lipinski definition) is 1. The third-order valence-electron chi connectivity index (χ3n) is 3.32. The molecular formula is C18H23NO2. The monoisotopic (exact) mass is 285 g/mol. The Balaban J connectivity index is 1.76. The Labute approximate surface area is 126 Å². The average molecular weight is 285 g/mol. The molecule has 0 aliphatic rings. The number of methoxy groups -OCH3 is 1. The van der Waals surface area contributed by atoms with Crippen LogP contribution in [0.2, 0.25) is 0 Å². The molecule has 3 nitrogen and oxygen atoms in total. The lowest BCUT2D eigenvalue weighted by atomic mass is 10.0. The van der Waals surface area contributed by atoms with Gasteiger partial charge in [-0.1, -0.05) is 32.0 Å². The normalized spacial score (nSPS) is 10.5. The minimum atomic E-state index is 0.550. The molecule has 2 rings (SSSR count). The van der Waals surface area contributed by atoms with Crippen LogP contribution in [0.1, 0.15) is 25.3 Å². The second-order valence-electron chi connectivity index (χ2n) is 5.23. The topological polar surface area (TPSA) is 30.5 Å². The molecule has 2 aromatic rings. The Morgan fingerprint density at radius 1 is 1.00 bits per heavy atom. The van der Waals surface area contributed by atoms with Gasteiger partial charge < -0.3 is 14.8 Å². The molecule has 112 valence electrons. The van der Waals surface area contributed by atoms with Crippen molar-refractivity contribution >= 4 is 5.69 Å². The van der Waals surface area contributed by atoms with Crippen LogP contribution in [0, 0.1) is 0 Å². The quantitative estimate of drug-likeness (QED) is 0.769. The summed E-state index contributed by atoms with van der Waals surface area (Å²) >= 11 is 0. The maximum atomic E-state index is 5.73. The lowest BCUT2D eigenvalue weighted by Gasteiger charge is -2.11. The summed E-state index contributed by atoms with van der Waals surface area (Å²) in [6.45, 7) is 5.75. The van der Waals surface area contributed by atoms with E-state index in [1.807, 2.05) is 36.4 Å². The maximum Gasteiger partial charge on any atom is 0.120 e. The molecule has 0 amide bonds. The lowest BCUT2D eigenvalue weighted by Crippen LogP contribution is -2.11. The Kier molecular flexibility index (Phi) is 5.50. The third-order valence-corrected chi connectivity index (χ3v) is 3.32. The molecule has 0 spiro atoms. The molecule has 21 heavy (non-hydrogen) atoms. The Hall–Kier alpha value is -2.16. The molecule has 0 aliphatic carbocycles. The minimum Gasteiger partial charge on any atom is -0.497 e. The Morgan fingerprint density at radius 3 is 2.43 bits per heavy atom. The molecule has 3 heteroatoms. The number of benzene rings is 2. The fourth-order valence-corrected chi connectivity index (χ4v) is 2.05. The van der Waals surface area contributed by atoms with Crippen LogP contribution < -0.4 is 14.8 Å². The highest BCUT2D eigenvalue weighted by Crippen LogP contribution is 2.19. The van der Waals surface area contributed by atoms with Gasteiger partial charge in [-0.25, -0.2) is 0 Å². The molecule has 0 heterocycles. The van der Waals surface area contributed by atoms with Crippen LogP contribution >= 0.6 is 0 Å². The van der Waals surface area contributed by atoms with Gasteiger partial charge in [0.05, 0.1) is 7.11 Å². The summed E-state index contributed by atoms with van der Waals surface area (Å²) in [5, 5.41) is 3.31. The number of ether oxygens (including phenoxy) is 2. The van der Waals surface area contributed by atoms with Crippen LogP contribution in [-0.2, 0) is 0 Å². The molecule has 0 unspecified atom stereocenters. The molecular weight excluding hydrogens is 262 g/mol. The van der Waals surface area contributed by atoms with Crippen molar-refractivity contribution in [2.45, 2.75) is 19.8 Å². The zero-order chi connectivity index (χ0) is 15.1. The van der Waals surface area contributed by atoms with Gasteiger partial charge in [-0.15, -0.1) is 0 Å². The standard InChI is InChI=1S/C18H23NO2/c1-14(2)15-7-9-17(10-8-15)21-12-11-19-16-5-4-6-18(13-16)20-3/h4-10,13-14,19H,11-12H2,1-3H3. The van der Waals surface area contributed by atoms with Gasteiger partial charge in [-0.2, -0.15) is 0 Å². The fourth-order valence-electron chi connectivity index (χ4n) is 2.05. The van der Waals surface area contributed by atoms with E-state index >= 15 is 0 Å². The van der Waals surface area contributed by atoms with E-state index in [4.69, 9.17) is 9.47 Å². The summed E-state index contributed by atoms with van der Waals surface area (Å²) in [7, 11) is 1.67. The third kappa shape index (κ3) is 4.71. The van der Waals surface area contributed by atoms with E-state index in [0.29, 0.717) is 12.5 Å². The van der Waals surface area contributed by atoms with E-state index in [2.05, 4.69) is 31.3 Å². The highest BCUT2D eigenvalue weighted by Gasteiger charge is 2.00. The summed E-state index contributed by atoms with van der Waals surface area (Å²) in [6.07, 6.45) is 0. The first-order chi connectivity index (χ1) is 10.2. The summed E-state index contributed by atoms with van der Waals surface area (Å²) < 4.78 is 10.9. The molecule has 1 N–H and O–H groups in total. The average Bonchev–Trinajstić information content (AvgIpc) is 2.52. The van der Waals surface area contributed by atoms with Gasteiger partial charge >= 0.3 is 0 Å². The molecule has 0 saturated heterocycles. The highest BCUT2D eigenvalue weighted by molar-refractivity contribution is 5.48. The van der Waals surface area contributed by atoms with Crippen molar-refractivity contribution in [3.05, 3.63) is 54.1 Å². The first-order valence-electron chi connectivity index (χ1n) is 7.29. The summed E-state index contributed by atoms with van der Waals surface area (Å²) in [5.74, 6) is 2.31. The van der Waals surface area contributed by atoms with Crippen molar-refractivity contribution in [2.75, 3.05) is 25.6 Å². The molecule has 0 fully saturated rings. The second kappa shape index (κ2) is 7.58. The number of rotatable bonds is 7. The van der Waals surface area contributed by atoms with Gasteiger partial charge in [-0.3, -0.25) is 0 Å². The molecule has 0 atom stereocenters. The van der Waals surface area contributed by atoms with E-state index in [1.54, 1.807) is 7.11 Å². The Morgan fingerprint density at radius 2 is 1.76 bits per heavy atom. The van der Waals surface area contributed by atoms with Crippen LogP contribution in [0.4, 0.5) is 5.69 Å². The van der Waals surface area contributed by atoms with Crippen molar-refractivity contribution in [1.82, 2.24) is 0 Å².